The highest BCUT2D eigenvalue weighted by Gasteiger charge is 2.27. The van der Waals surface area contributed by atoms with Gasteiger partial charge in [0, 0.05) is 28.8 Å². The van der Waals surface area contributed by atoms with Crippen molar-refractivity contribution in [3.8, 4) is 29.2 Å². The highest BCUT2D eigenvalue weighted by atomic mass is 15.1. The summed E-state index contributed by atoms with van der Waals surface area (Å²) in [4.78, 5) is 14.1. The van der Waals surface area contributed by atoms with Gasteiger partial charge in [0.1, 0.15) is 5.52 Å². The first-order chi connectivity index (χ1) is 16.3. The van der Waals surface area contributed by atoms with E-state index in [0.717, 1.165) is 39.6 Å². The first kappa shape index (κ1) is 19.7. The maximum atomic E-state index is 5.88. The van der Waals surface area contributed by atoms with Crippen molar-refractivity contribution in [3.05, 3.63) is 84.1 Å². The molecule has 2 aromatic carbocycles. The van der Waals surface area contributed by atoms with Crippen LogP contribution in [-0.2, 0) is 6.42 Å². The molecule has 33 heavy (non-hydrogen) atoms. The van der Waals surface area contributed by atoms with Crippen LogP contribution in [0.4, 0.5) is 0 Å². The lowest BCUT2D eigenvalue weighted by molar-refractivity contribution is 0.965. The minimum absolute atomic E-state index is 0.566. The van der Waals surface area contributed by atoms with Crippen molar-refractivity contribution in [2.75, 3.05) is 6.54 Å². The summed E-state index contributed by atoms with van der Waals surface area (Å²) in [5.41, 5.74) is 14.1. The van der Waals surface area contributed by atoms with Crippen LogP contribution >= 0.6 is 0 Å². The standard InChI is InChI=1S/C28H23N5/c1-2-26-32-25-17-31-24-12-9-20(22-4-3-15-30-27(22)19-7-8-19)16-23(24)28(25)33(26)21-10-5-18(6-11-21)13-14-29/h1,3-6,9-12,15-17,19H,7-8,13-14,29H2. The second-order valence-corrected chi connectivity index (χ2v) is 8.55. The molecular weight excluding hydrogens is 406 g/mol. The van der Waals surface area contributed by atoms with Gasteiger partial charge in [0.25, 0.3) is 0 Å². The van der Waals surface area contributed by atoms with Crippen molar-refractivity contribution in [3.63, 3.8) is 0 Å². The van der Waals surface area contributed by atoms with Crippen molar-refractivity contribution >= 4 is 21.9 Å². The Bertz CT molecular complexity index is 1540. The number of pyridine rings is 2. The highest BCUT2D eigenvalue weighted by molar-refractivity contribution is 6.05. The van der Waals surface area contributed by atoms with Gasteiger partial charge in [-0.15, -0.1) is 6.42 Å². The van der Waals surface area contributed by atoms with Crippen molar-refractivity contribution < 1.29 is 0 Å². The predicted octanol–water partition coefficient (Wildman–Crippen LogP) is 5.00. The van der Waals surface area contributed by atoms with E-state index >= 15 is 0 Å². The third-order valence-corrected chi connectivity index (χ3v) is 6.35. The first-order valence-electron chi connectivity index (χ1n) is 11.3. The van der Waals surface area contributed by atoms with E-state index in [1.54, 1.807) is 6.20 Å². The van der Waals surface area contributed by atoms with Gasteiger partial charge in [-0.2, -0.15) is 0 Å². The van der Waals surface area contributed by atoms with Gasteiger partial charge in [-0.3, -0.25) is 14.5 Å². The van der Waals surface area contributed by atoms with Crippen molar-refractivity contribution in [2.24, 2.45) is 5.73 Å². The van der Waals surface area contributed by atoms with Crippen LogP contribution in [0.25, 0.3) is 38.8 Å². The van der Waals surface area contributed by atoms with Crippen LogP contribution in [0.15, 0.2) is 67.0 Å². The lowest BCUT2D eigenvalue weighted by Crippen LogP contribution is -2.03. The van der Waals surface area contributed by atoms with E-state index in [1.165, 1.54) is 29.7 Å². The molecule has 1 aliphatic carbocycles. The molecular formula is C28H23N5. The third kappa shape index (κ3) is 3.36. The van der Waals surface area contributed by atoms with E-state index in [-0.39, 0.29) is 0 Å². The molecule has 0 spiro atoms. The van der Waals surface area contributed by atoms with Crippen LogP contribution < -0.4 is 5.73 Å². The number of nitrogens with two attached hydrogens (primary N) is 1. The fraction of sp³-hybridized carbons (Fsp3) is 0.179. The van der Waals surface area contributed by atoms with E-state index in [9.17, 15) is 0 Å². The summed E-state index contributed by atoms with van der Waals surface area (Å²) in [6, 6.07) is 18.9. The van der Waals surface area contributed by atoms with E-state index in [2.05, 4.69) is 64.0 Å². The minimum Gasteiger partial charge on any atom is -0.330 e. The number of hydrogen-bond donors (Lipinski definition) is 1. The Balaban J connectivity index is 1.60. The second kappa shape index (κ2) is 7.84. The smallest absolute Gasteiger partial charge is 0.190 e. The number of aromatic nitrogens is 4. The third-order valence-electron chi connectivity index (χ3n) is 6.35. The molecule has 5 nitrogen and oxygen atoms in total. The van der Waals surface area contributed by atoms with Gasteiger partial charge in [0.15, 0.2) is 5.82 Å². The van der Waals surface area contributed by atoms with Crippen LogP contribution in [-0.4, -0.2) is 26.1 Å². The molecule has 5 heteroatoms. The molecule has 0 amide bonds. The molecule has 5 aromatic rings. The van der Waals surface area contributed by atoms with E-state index in [1.807, 2.05) is 12.3 Å². The van der Waals surface area contributed by atoms with Crippen molar-refractivity contribution in [1.29, 1.82) is 0 Å². The number of terminal acetylenes is 1. The molecule has 3 heterocycles. The van der Waals surface area contributed by atoms with E-state index in [4.69, 9.17) is 22.1 Å². The monoisotopic (exact) mass is 429 g/mol. The van der Waals surface area contributed by atoms with Gasteiger partial charge in [-0.25, -0.2) is 4.98 Å². The summed E-state index contributed by atoms with van der Waals surface area (Å²) >= 11 is 0. The molecule has 1 aliphatic rings. The molecule has 1 fully saturated rings. The average molecular weight is 430 g/mol. The Morgan fingerprint density at radius 2 is 1.88 bits per heavy atom. The van der Waals surface area contributed by atoms with Crippen LogP contribution in [0.3, 0.4) is 0 Å². The van der Waals surface area contributed by atoms with E-state index < -0.39 is 0 Å². The van der Waals surface area contributed by atoms with Crippen LogP contribution in [0.1, 0.15) is 35.8 Å². The number of imidazole rings is 1. The normalized spacial score (nSPS) is 13.5. The molecule has 0 aliphatic heterocycles. The summed E-state index contributed by atoms with van der Waals surface area (Å²) in [5, 5.41) is 1.02. The zero-order chi connectivity index (χ0) is 22.4. The first-order valence-corrected chi connectivity index (χ1v) is 11.3. The average Bonchev–Trinajstić information content (AvgIpc) is 3.64. The number of rotatable bonds is 5. The fourth-order valence-electron chi connectivity index (χ4n) is 4.59. The Hall–Kier alpha value is -4.01. The van der Waals surface area contributed by atoms with Crippen LogP contribution in [0.5, 0.6) is 0 Å². The molecule has 0 saturated heterocycles. The Morgan fingerprint density at radius 1 is 1.03 bits per heavy atom. The molecule has 2 N–H and O–H groups in total. The predicted molar refractivity (Wildman–Crippen MR) is 132 cm³/mol. The minimum atomic E-state index is 0.566. The molecule has 0 bridgehead atoms. The highest BCUT2D eigenvalue weighted by Crippen LogP contribution is 2.43. The number of fused-ring (bicyclic) bond motifs is 3. The van der Waals surface area contributed by atoms with Gasteiger partial charge in [0.05, 0.1) is 22.9 Å². The van der Waals surface area contributed by atoms with E-state index in [0.29, 0.717) is 18.3 Å². The summed E-state index contributed by atoms with van der Waals surface area (Å²) in [7, 11) is 0. The zero-order valence-electron chi connectivity index (χ0n) is 18.2. The Kier molecular flexibility index (Phi) is 4.67. The lowest BCUT2D eigenvalue weighted by Gasteiger charge is -2.11. The van der Waals surface area contributed by atoms with Gasteiger partial charge >= 0.3 is 0 Å². The summed E-state index contributed by atoms with van der Waals surface area (Å²) in [5.74, 6) is 3.89. The summed E-state index contributed by atoms with van der Waals surface area (Å²) in [6.45, 7) is 0.624. The van der Waals surface area contributed by atoms with Gasteiger partial charge in [-0.1, -0.05) is 24.3 Å². The SMILES string of the molecule is C#Cc1nc2cnc3ccc(-c4cccnc4C4CC4)cc3c2n1-c1ccc(CCN)cc1. The van der Waals surface area contributed by atoms with Crippen LogP contribution in [0.2, 0.25) is 0 Å². The summed E-state index contributed by atoms with van der Waals surface area (Å²) < 4.78 is 2.06. The fourth-order valence-corrected chi connectivity index (χ4v) is 4.59. The number of benzene rings is 2. The molecule has 160 valence electrons. The number of hydrogen-bond acceptors (Lipinski definition) is 4. The molecule has 1 saturated carbocycles. The molecule has 6 rings (SSSR count). The maximum Gasteiger partial charge on any atom is 0.190 e. The topological polar surface area (TPSA) is 69.6 Å². The van der Waals surface area contributed by atoms with Gasteiger partial charge in [0.2, 0.25) is 0 Å². The quantitative estimate of drug-likeness (QED) is 0.399. The maximum absolute atomic E-state index is 5.88. The van der Waals surface area contributed by atoms with Crippen molar-refractivity contribution in [1.82, 2.24) is 19.5 Å². The second-order valence-electron chi connectivity index (χ2n) is 8.55. The zero-order valence-corrected chi connectivity index (χ0v) is 18.2. The Labute approximate surface area is 192 Å². The lowest BCUT2D eigenvalue weighted by atomic mass is 9.99. The Morgan fingerprint density at radius 3 is 2.64 bits per heavy atom. The largest absolute Gasteiger partial charge is 0.330 e. The molecule has 0 unspecified atom stereocenters. The molecule has 0 atom stereocenters. The summed E-state index contributed by atoms with van der Waals surface area (Å²) in [6.07, 6.45) is 12.8. The van der Waals surface area contributed by atoms with Gasteiger partial charge < -0.3 is 5.73 Å². The van der Waals surface area contributed by atoms with Crippen LogP contribution in [0, 0.1) is 12.3 Å². The van der Waals surface area contributed by atoms with Crippen molar-refractivity contribution in [2.45, 2.75) is 25.2 Å². The molecule has 0 radical (unpaired) electrons. The molecule has 3 aromatic heterocycles. The number of nitrogens with zero attached hydrogens (tertiary/aromatic N) is 4. The van der Waals surface area contributed by atoms with Gasteiger partial charge in [-0.05, 0) is 73.2 Å².